The van der Waals surface area contributed by atoms with E-state index in [4.69, 9.17) is 0 Å². The minimum absolute atomic E-state index is 0.0154. The van der Waals surface area contributed by atoms with E-state index in [0.717, 1.165) is 43.6 Å². The molecule has 0 aliphatic carbocycles. The molecule has 1 aromatic rings. The topological polar surface area (TPSA) is 53.1 Å². The molecule has 0 spiro atoms. The highest BCUT2D eigenvalue weighted by Crippen LogP contribution is 2.19. The fourth-order valence-electron chi connectivity index (χ4n) is 2.06. The van der Waals surface area contributed by atoms with Crippen LogP contribution in [0.2, 0.25) is 0 Å². The Kier molecular flexibility index (Phi) is 3.71. The van der Waals surface area contributed by atoms with Crippen molar-refractivity contribution in [1.82, 2.24) is 15.3 Å². The number of nitrogens with one attached hydrogen (secondary N) is 2. The third-order valence-electron chi connectivity index (χ3n) is 2.77. The molecule has 2 N–H and O–H groups in total. The summed E-state index contributed by atoms with van der Waals surface area (Å²) in [5, 5.41) is 6.76. The minimum atomic E-state index is 0.0154. The van der Waals surface area contributed by atoms with Gasteiger partial charge in [0.1, 0.15) is 17.5 Å². The molecule has 1 fully saturated rings. The molecular formula is C13H23N5. The molecule has 5 heteroatoms. The van der Waals surface area contributed by atoms with Crippen LogP contribution in [0.4, 0.5) is 11.6 Å². The van der Waals surface area contributed by atoms with Crippen LogP contribution in [0.1, 0.15) is 26.6 Å². The molecule has 2 heterocycles. The zero-order valence-electron chi connectivity index (χ0n) is 11.7. The first-order chi connectivity index (χ1) is 8.44. The predicted molar refractivity (Wildman–Crippen MR) is 75.2 cm³/mol. The Labute approximate surface area is 109 Å². The van der Waals surface area contributed by atoms with Crippen molar-refractivity contribution < 1.29 is 0 Å². The van der Waals surface area contributed by atoms with Gasteiger partial charge in [0.05, 0.1) is 0 Å². The van der Waals surface area contributed by atoms with E-state index in [1.165, 1.54) is 0 Å². The number of rotatable bonds is 2. The highest BCUT2D eigenvalue weighted by molar-refractivity contribution is 5.50. The summed E-state index contributed by atoms with van der Waals surface area (Å²) in [6, 6.07) is 2.05. The normalized spacial score (nSPS) is 16.8. The first-order valence-electron chi connectivity index (χ1n) is 6.53. The maximum atomic E-state index is 4.53. The Morgan fingerprint density at radius 1 is 1.22 bits per heavy atom. The lowest BCUT2D eigenvalue weighted by molar-refractivity contribution is 0.583. The number of hydrogen-bond donors (Lipinski definition) is 2. The summed E-state index contributed by atoms with van der Waals surface area (Å²) in [5.74, 6) is 2.75. The van der Waals surface area contributed by atoms with Crippen LogP contribution in [0.15, 0.2) is 6.07 Å². The Balaban J connectivity index is 2.20. The van der Waals surface area contributed by atoms with Crippen LogP contribution in [0.5, 0.6) is 0 Å². The van der Waals surface area contributed by atoms with Gasteiger partial charge in [0.15, 0.2) is 0 Å². The van der Waals surface area contributed by atoms with Crippen molar-refractivity contribution in [1.29, 1.82) is 0 Å². The molecule has 0 aromatic carbocycles. The van der Waals surface area contributed by atoms with Gasteiger partial charge in [0.25, 0.3) is 0 Å². The second kappa shape index (κ2) is 5.10. The molecule has 0 unspecified atom stereocenters. The lowest BCUT2D eigenvalue weighted by Gasteiger charge is -2.29. The average molecular weight is 249 g/mol. The van der Waals surface area contributed by atoms with Crippen molar-refractivity contribution in [3.63, 3.8) is 0 Å². The summed E-state index contributed by atoms with van der Waals surface area (Å²) in [6.45, 7) is 12.4. The number of piperazine rings is 1. The number of hydrogen-bond acceptors (Lipinski definition) is 5. The third kappa shape index (κ3) is 3.57. The molecule has 100 valence electrons. The van der Waals surface area contributed by atoms with Crippen molar-refractivity contribution >= 4 is 11.6 Å². The molecule has 5 nitrogen and oxygen atoms in total. The lowest BCUT2D eigenvalue weighted by Crippen LogP contribution is -2.44. The van der Waals surface area contributed by atoms with Gasteiger partial charge in [-0.15, -0.1) is 0 Å². The van der Waals surface area contributed by atoms with E-state index in [0.29, 0.717) is 0 Å². The van der Waals surface area contributed by atoms with Crippen LogP contribution in [0.25, 0.3) is 0 Å². The Bertz CT molecular complexity index is 404. The summed E-state index contributed by atoms with van der Waals surface area (Å²) in [6.07, 6.45) is 0. The summed E-state index contributed by atoms with van der Waals surface area (Å²) in [7, 11) is 0. The minimum Gasteiger partial charge on any atom is -0.365 e. The Hall–Kier alpha value is -1.36. The maximum absolute atomic E-state index is 4.53. The van der Waals surface area contributed by atoms with E-state index >= 15 is 0 Å². The molecule has 0 atom stereocenters. The molecule has 1 aliphatic rings. The molecule has 1 aliphatic heterocycles. The highest BCUT2D eigenvalue weighted by atomic mass is 15.2. The van der Waals surface area contributed by atoms with Crippen LogP contribution >= 0.6 is 0 Å². The van der Waals surface area contributed by atoms with E-state index in [2.05, 4.69) is 46.3 Å². The third-order valence-corrected chi connectivity index (χ3v) is 2.77. The zero-order chi connectivity index (χ0) is 13.2. The van der Waals surface area contributed by atoms with E-state index in [1.807, 2.05) is 13.0 Å². The number of aryl methyl sites for hydroxylation is 1. The van der Waals surface area contributed by atoms with Crippen LogP contribution in [-0.4, -0.2) is 41.7 Å². The molecule has 0 saturated carbocycles. The van der Waals surface area contributed by atoms with E-state index in [9.17, 15) is 0 Å². The Morgan fingerprint density at radius 3 is 2.50 bits per heavy atom. The maximum Gasteiger partial charge on any atom is 0.134 e. The van der Waals surface area contributed by atoms with E-state index in [-0.39, 0.29) is 5.54 Å². The van der Waals surface area contributed by atoms with Crippen molar-refractivity contribution in [3.05, 3.63) is 11.9 Å². The molecule has 18 heavy (non-hydrogen) atoms. The van der Waals surface area contributed by atoms with E-state index < -0.39 is 0 Å². The predicted octanol–water partition coefficient (Wildman–Crippen LogP) is 1.41. The second-order valence-corrected chi connectivity index (χ2v) is 5.77. The van der Waals surface area contributed by atoms with Gasteiger partial charge >= 0.3 is 0 Å². The highest BCUT2D eigenvalue weighted by Gasteiger charge is 2.15. The van der Waals surface area contributed by atoms with Crippen LogP contribution < -0.4 is 15.5 Å². The standard InChI is InChI=1S/C13H23N5/c1-10-15-11(17-13(2,3)4)9-12(16-10)18-7-5-14-6-8-18/h9,14H,5-8H2,1-4H3,(H,15,16,17). The summed E-state index contributed by atoms with van der Waals surface area (Å²) in [4.78, 5) is 11.3. The fraction of sp³-hybridized carbons (Fsp3) is 0.692. The number of nitrogens with zero attached hydrogens (tertiary/aromatic N) is 3. The SMILES string of the molecule is Cc1nc(NC(C)(C)C)cc(N2CCNCC2)n1. The van der Waals surface area contributed by atoms with Gasteiger partial charge < -0.3 is 15.5 Å². The molecule has 0 bridgehead atoms. The first-order valence-corrected chi connectivity index (χ1v) is 6.53. The molecule has 1 saturated heterocycles. The van der Waals surface area contributed by atoms with Crippen LogP contribution in [0.3, 0.4) is 0 Å². The number of anilines is 2. The molecule has 0 radical (unpaired) electrons. The summed E-state index contributed by atoms with van der Waals surface area (Å²) >= 11 is 0. The van der Waals surface area contributed by atoms with Gasteiger partial charge in [-0.2, -0.15) is 0 Å². The lowest BCUT2D eigenvalue weighted by atomic mass is 10.1. The molecule has 0 amide bonds. The van der Waals surface area contributed by atoms with Crippen LogP contribution in [-0.2, 0) is 0 Å². The van der Waals surface area contributed by atoms with Crippen molar-refractivity contribution in [2.45, 2.75) is 33.2 Å². The zero-order valence-corrected chi connectivity index (χ0v) is 11.7. The van der Waals surface area contributed by atoms with Gasteiger partial charge in [-0.3, -0.25) is 0 Å². The van der Waals surface area contributed by atoms with Crippen molar-refractivity contribution in [2.24, 2.45) is 0 Å². The van der Waals surface area contributed by atoms with Gasteiger partial charge in [-0.1, -0.05) is 0 Å². The van der Waals surface area contributed by atoms with Gasteiger partial charge in [0, 0.05) is 37.8 Å². The van der Waals surface area contributed by atoms with Crippen molar-refractivity contribution in [2.75, 3.05) is 36.4 Å². The van der Waals surface area contributed by atoms with Crippen LogP contribution in [0, 0.1) is 6.92 Å². The first kappa shape index (κ1) is 13.1. The van der Waals surface area contributed by atoms with Crippen molar-refractivity contribution in [3.8, 4) is 0 Å². The summed E-state index contributed by atoms with van der Waals surface area (Å²) in [5.41, 5.74) is 0.0154. The molecule has 1 aromatic heterocycles. The van der Waals surface area contributed by atoms with Gasteiger partial charge in [0.2, 0.25) is 0 Å². The van der Waals surface area contributed by atoms with Gasteiger partial charge in [-0.25, -0.2) is 9.97 Å². The monoisotopic (exact) mass is 249 g/mol. The van der Waals surface area contributed by atoms with E-state index in [1.54, 1.807) is 0 Å². The largest absolute Gasteiger partial charge is 0.365 e. The molecule has 2 rings (SSSR count). The average Bonchev–Trinajstić information content (AvgIpc) is 2.27. The molecular weight excluding hydrogens is 226 g/mol. The fourth-order valence-corrected chi connectivity index (χ4v) is 2.06. The quantitative estimate of drug-likeness (QED) is 0.830. The smallest absolute Gasteiger partial charge is 0.134 e. The second-order valence-electron chi connectivity index (χ2n) is 5.77. The van der Waals surface area contributed by atoms with Gasteiger partial charge in [-0.05, 0) is 27.7 Å². The number of aromatic nitrogens is 2. The Morgan fingerprint density at radius 2 is 1.89 bits per heavy atom. The summed E-state index contributed by atoms with van der Waals surface area (Å²) < 4.78 is 0.